The van der Waals surface area contributed by atoms with Gasteiger partial charge in [-0.2, -0.15) is 0 Å². The van der Waals surface area contributed by atoms with E-state index in [0.717, 1.165) is 31.5 Å². The van der Waals surface area contributed by atoms with E-state index >= 15 is 0 Å². The number of halogens is 2. The minimum atomic E-state index is -0.198. The van der Waals surface area contributed by atoms with Gasteiger partial charge in [0.15, 0.2) is 0 Å². The molecule has 0 saturated carbocycles. The van der Waals surface area contributed by atoms with Crippen LogP contribution in [0.2, 0.25) is 10.0 Å². The first kappa shape index (κ1) is 15.1. The minimum absolute atomic E-state index is 0.0232. The average molecular weight is 315 g/mol. The van der Waals surface area contributed by atoms with Crippen molar-refractivity contribution < 1.29 is 9.59 Å². The Hall–Kier alpha value is -1.26. The highest BCUT2D eigenvalue weighted by molar-refractivity contribution is 6.42. The van der Waals surface area contributed by atoms with Gasteiger partial charge in [-0.25, -0.2) is 0 Å². The molecule has 1 saturated heterocycles. The highest BCUT2D eigenvalue weighted by Gasteiger charge is 2.18. The van der Waals surface area contributed by atoms with Gasteiger partial charge in [-0.3, -0.25) is 9.59 Å². The number of carbonyl (C=O) groups excluding carboxylic acids is 2. The van der Waals surface area contributed by atoms with Crippen LogP contribution in [-0.4, -0.2) is 36.3 Å². The second-order valence-electron chi connectivity index (χ2n) is 4.79. The second kappa shape index (κ2) is 6.95. The molecule has 108 valence electrons. The maximum atomic E-state index is 11.8. The molecule has 4 nitrogen and oxygen atoms in total. The van der Waals surface area contributed by atoms with Gasteiger partial charge in [-0.1, -0.05) is 29.3 Å². The van der Waals surface area contributed by atoms with Crippen molar-refractivity contribution >= 4 is 35.0 Å². The fourth-order valence-corrected chi connectivity index (χ4v) is 2.47. The molecule has 1 fully saturated rings. The SMILES string of the molecule is O=C(Cc1ccc(Cl)c(Cl)c1)NCC(=O)N1CCCC1. The fourth-order valence-electron chi connectivity index (χ4n) is 2.15. The Kier molecular flexibility index (Phi) is 5.26. The number of benzene rings is 1. The molecule has 0 aromatic heterocycles. The largest absolute Gasteiger partial charge is 0.347 e. The first-order valence-corrected chi connectivity index (χ1v) is 7.30. The monoisotopic (exact) mass is 314 g/mol. The van der Waals surface area contributed by atoms with Gasteiger partial charge in [-0.05, 0) is 30.5 Å². The van der Waals surface area contributed by atoms with Crippen molar-refractivity contribution in [3.05, 3.63) is 33.8 Å². The van der Waals surface area contributed by atoms with Gasteiger partial charge in [0.2, 0.25) is 11.8 Å². The highest BCUT2D eigenvalue weighted by atomic mass is 35.5. The van der Waals surface area contributed by atoms with Crippen molar-refractivity contribution in [3.63, 3.8) is 0 Å². The summed E-state index contributed by atoms with van der Waals surface area (Å²) in [7, 11) is 0. The molecule has 1 heterocycles. The van der Waals surface area contributed by atoms with Crippen LogP contribution in [0.15, 0.2) is 18.2 Å². The zero-order valence-corrected chi connectivity index (χ0v) is 12.5. The lowest BCUT2D eigenvalue weighted by atomic mass is 10.1. The smallest absolute Gasteiger partial charge is 0.241 e. The van der Waals surface area contributed by atoms with Crippen molar-refractivity contribution in [1.82, 2.24) is 10.2 Å². The molecule has 0 spiro atoms. The summed E-state index contributed by atoms with van der Waals surface area (Å²) in [4.78, 5) is 25.3. The number of rotatable bonds is 4. The van der Waals surface area contributed by atoms with E-state index in [1.54, 1.807) is 23.1 Å². The van der Waals surface area contributed by atoms with Crippen LogP contribution in [0.1, 0.15) is 18.4 Å². The summed E-state index contributed by atoms with van der Waals surface area (Å²) in [6.07, 6.45) is 2.27. The van der Waals surface area contributed by atoms with Gasteiger partial charge >= 0.3 is 0 Å². The quantitative estimate of drug-likeness (QED) is 0.927. The molecule has 1 aliphatic heterocycles. The average Bonchev–Trinajstić information content (AvgIpc) is 2.94. The number of nitrogens with zero attached hydrogens (tertiary/aromatic N) is 1. The molecule has 1 aromatic rings. The highest BCUT2D eigenvalue weighted by Crippen LogP contribution is 2.22. The van der Waals surface area contributed by atoms with E-state index in [9.17, 15) is 9.59 Å². The molecule has 1 aliphatic rings. The number of nitrogens with one attached hydrogen (secondary N) is 1. The molecule has 20 heavy (non-hydrogen) atoms. The molecule has 6 heteroatoms. The molecule has 0 bridgehead atoms. The van der Waals surface area contributed by atoms with Crippen molar-refractivity contribution in [2.45, 2.75) is 19.3 Å². The zero-order chi connectivity index (χ0) is 14.5. The molecule has 0 radical (unpaired) electrons. The Balaban J connectivity index is 1.80. The number of amides is 2. The van der Waals surface area contributed by atoms with Crippen LogP contribution in [0.3, 0.4) is 0 Å². The van der Waals surface area contributed by atoms with Gasteiger partial charge in [-0.15, -0.1) is 0 Å². The van der Waals surface area contributed by atoms with Crippen LogP contribution in [0, 0.1) is 0 Å². The molecule has 2 rings (SSSR count). The van der Waals surface area contributed by atoms with E-state index in [0.29, 0.717) is 10.0 Å². The zero-order valence-electron chi connectivity index (χ0n) is 11.0. The molecule has 1 N–H and O–H groups in total. The van der Waals surface area contributed by atoms with E-state index in [1.165, 1.54) is 0 Å². The topological polar surface area (TPSA) is 49.4 Å². The van der Waals surface area contributed by atoms with Crippen LogP contribution in [-0.2, 0) is 16.0 Å². The predicted octanol–water partition coefficient (Wildman–Crippen LogP) is 2.27. The van der Waals surface area contributed by atoms with Crippen LogP contribution in [0.4, 0.5) is 0 Å². The number of hydrogen-bond acceptors (Lipinski definition) is 2. The number of hydrogen-bond donors (Lipinski definition) is 1. The van der Waals surface area contributed by atoms with Gasteiger partial charge in [0.25, 0.3) is 0 Å². The van der Waals surface area contributed by atoms with Crippen LogP contribution in [0.25, 0.3) is 0 Å². The first-order chi connectivity index (χ1) is 9.56. The fraction of sp³-hybridized carbons (Fsp3) is 0.429. The Morgan fingerprint density at radius 2 is 1.85 bits per heavy atom. The van der Waals surface area contributed by atoms with Crippen molar-refractivity contribution in [2.24, 2.45) is 0 Å². The molecular weight excluding hydrogens is 299 g/mol. The summed E-state index contributed by atoms with van der Waals surface area (Å²) in [5.74, 6) is -0.221. The van der Waals surface area contributed by atoms with Gasteiger partial charge in [0, 0.05) is 13.1 Å². The van der Waals surface area contributed by atoms with E-state index < -0.39 is 0 Å². The predicted molar refractivity (Wildman–Crippen MR) is 79.0 cm³/mol. The minimum Gasteiger partial charge on any atom is -0.347 e. The van der Waals surface area contributed by atoms with E-state index in [1.807, 2.05) is 0 Å². The molecule has 0 atom stereocenters. The maximum Gasteiger partial charge on any atom is 0.241 e. The van der Waals surface area contributed by atoms with Gasteiger partial charge in [0.05, 0.1) is 23.0 Å². The van der Waals surface area contributed by atoms with E-state index in [-0.39, 0.29) is 24.8 Å². The maximum absolute atomic E-state index is 11.8. The third kappa shape index (κ3) is 4.12. The number of carbonyl (C=O) groups is 2. The standard InChI is InChI=1S/C14H16Cl2N2O2/c15-11-4-3-10(7-12(11)16)8-13(19)17-9-14(20)18-5-1-2-6-18/h3-4,7H,1-2,5-6,8-9H2,(H,17,19). The normalized spacial score (nSPS) is 14.4. The number of likely N-dealkylation sites (tertiary alicyclic amines) is 1. The Morgan fingerprint density at radius 3 is 2.50 bits per heavy atom. The van der Waals surface area contributed by atoms with Crippen LogP contribution in [0.5, 0.6) is 0 Å². The molecule has 0 aliphatic carbocycles. The third-order valence-corrected chi connectivity index (χ3v) is 3.98. The Labute approximate surface area is 128 Å². The Bertz CT molecular complexity index is 514. The van der Waals surface area contributed by atoms with E-state index in [4.69, 9.17) is 23.2 Å². The van der Waals surface area contributed by atoms with Crippen LogP contribution >= 0.6 is 23.2 Å². The second-order valence-corrected chi connectivity index (χ2v) is 5.60. The van der Waals surface area contributed by atoms with Crippen molar-refractivity contribution in [2.75, 3.05) is 19.6 Å². The molecule has 1 aromatic carbocycles. The summed E-state index contributed by atoms with van der Waals surface area (Å²) in [6, 6.07) is 5.06. The summed E-state index contributed by atoms with van der Waals surface area (Å²) in [5.41, 5.74) is 0.769. The summed E-state index contributed by atoms with van der Waals surface area (Å²) in [5, 5.41) is 3.52. The van der Waals surface area contributed by atoms with E-state index in [2.05, 4.69) is 5.32 Å². The summed E-state index contributed by atoms with van der Waals surface area (Å²) >= 11 is 11.7. The van der Waals surface area contributed by atoms with Gasteiger partial charge < -0.3 is 10.2 Å². The lowest BCUT2D eigenvalue weighted by molar-refractivity contribution is -0.131. The lowest BCUT2D eigenvalue weighted by Crippen LogP contribution is -2.39. The third-order valence-electron chi connectivity index (χ3n) is 3.24. The van der Waals surface area contributed by atoms with Crippen LogP contribution < -0.4 is 5.32 Å². The lowest BCUT2D eigenvalue weighted by Gasteiger charge is -2.15. The molecule has 0 unspecified atom stereocenters. The Morgan fingerprint density at radius 1 is 1.15 bits per heavy atom. The summed E-state index contributed by atoms with van der Waals surface area (Å²) in [6.45, 7) is 1.64. The summed E-state index contributed by atoms with van der Waals surface area (Å²) < 4.78 is 0. The van der Waals surface area contributed by atoms with Gasteiger partial charge in [0.1, 0.15) is 0 Å². The first-order valence-electron chi connectivity index (χ1n) is 6.54. The molecule has 2 amide bonds. The van der Waals surface area contributed by atoms with Crippen molar-refractivity contribution in [3.8, 4) is 0 Å². The molecular formula is C14H16Cl2N2O2. The van der Waals surface area contributed by atoms with Crippen molar-refractivity contribution in [1.29, 1.82) is 0 Å².